The van der Waals surface area contributed by atoms with Crippen LogP contribution in [-0.2, 0) is 26.0 Å². The van der Waals surface area contributed by atoms with Crippen LogP contribution in [0.1, 0.15) is 12.0 Å². The molecule has 1 heterocycles. The van der Waals surface area contributed by atoms with E-state index in [9.17, 15) is 13.2 Å². The van der Waals surface area contributed by atoms with Gasteiger partial charge in [0.1, 0.15) is 5.75 Å². The third-order valence-electron chi connectivity index (χ3n) is 5.15. The van der Waals surface area contributed by atoms with Crippen molar-refractivity contribution in [3.8, 4) is 17.2 Å². The molecule has 1 aliphatic rings. The average molecular weight is 465 g/mol. The molecule has 1 saturated heterocycles. The molecule has 1 aliphatic heterocycles. The average Bonchev–Trinajstić information content (AvgIpc) is 2.82. The van der Waals surface area contributed by atoms with Gasteiger partial charge in [-0.25, -0.2) is 8.42 Å². The van der Waals surface area contributed by atoms with Gasteiger partial charge in [-0.05, 0) is 42.3 Å². The molecule has 32 heavy (non-hydrogen) atoms. The number of amides is 1. The van der Waals surface area contributed by atoms with E-state index in [1.54, 1.807) is 30.3 Å². The number of carbonyl (C=O) groups is 1. The van der Waals surface area contributed by atoms with E-state index in [-0.39, 0.29) is 17.2 Å². The van der Waals surface area contributed by atoms with Gasteiger partial charge in [-0.15, -0.1) is 0 Å². The third kappa shape index (κ3) is 5.50. The van der Waals surface area contributed by atoms with Crippen LogP contribution < -0.4 is 19.5 Å². The molecule has 0 spiro atoms. The molecule has 1 amide bonds. The van der Waals surface area contributed by atoms with Gasteiger partial charge in [0.05, 0.1) is 39.4 Å². The molecule has 0 aliphatic carbocycles. The second kappa shape index (κ2) is 10.7. The maximum absolute atomic E-state index is 13.0. The van der Waals surface area contributed by atoms with Gasteiger partial charge in [0, 0.05) is 31.3 Å². The van der Waals surface area contributed by atoms with Crippen LogP contribution in [0.15, 0.2) is 41.3 Å². The van der Waals surface area contributed by atoms with E-state index in [2.05, 4.69) is 5.32 Å². The lowest BCUT2D eigenvalue weighted by Crippen LogP contribution is -2.40. The van der Waals surface area contributed by atoms with Gasteiger partial charge in [0.2, 0.25) is 15.9 Å². The smallest absolute Gasteiger partial charge is 0.243 e. The molecule has 2 aromatic rings. The van der Waals surface area contributed by atoms with Crippen molar-refractivity contribution in [3.63, 3.8) is 0 Å². The first kappa shape index (κ1) is 23.8. The molecule has 0 bridgehead atoms. The van der Waals surface area contributed by atoms with Crippen molar-refractivity contribution in [1.82, 2.24) is 4.31 Å². The summed E-state index contributed by atoms with van der Waals surface area (Å²) in [6.07, 6.45) is 0.459. The summed E-state index contributed by atoms with van der Waals surface area (Å²) in [6, 6.07) is 9.82. The monoisotopic (exact) mass is 464 g/mol. The van der Waals surface area contributed by atoms with Crippen molar-refractivity contribution in [2.24, 2.45) is 0 Å². The fraction of sp³-hybridized carbons (Fsp3) is 0.409. The summed E-state index contributed by atoms with van der Waals surface area (Å²) in [5.41, 5.74) is 1.22. The number of benzene rings is 2. The standard InChI is InChI=1S/C22H28N2O7S/c1-28-19-8-6-18(32(26,27)24-10-12-31-13-11-24)14-16(19)4-9-22(25)23-17-5-7-20(29-2)21(15-17)30-3/h5-8,14-15H,4,9-13H2,1-3H3,(H,23,25). The van der Waals surface area contributed by atoms with E-state index in [0.717, 1.165) is 0 Å². The first-order valence-corrected chi connectivity index (χ1v) is 11.6. The number of sulfonamides is 1. The molecular weight excluding hydrogens is 436 g/mol. The Morgan fingerprint density at radius 2 is 1.62 bits per heavy atom. The molecule has 10 heteroatoms. The van der Waals surface area contributed by atoms with Gasteiger partial charge in [-0.1, -0.05) is 0 Å². The van der Waals surface area contributed by atoms with Gasteiger partial charge in [-0.3, -0.25) is 4.79 Å². The minimum atomic E-state index is -3.64. The molecule has 174 valence electrons. The quantitative estimate of drug-likeness (QED) is 0.607. The normalized spacial score (nSPS) is 14.6. The molecule has 3 rings (SSSR count). The number of nitrogens with zero attached hydrogens (tertiary/aromatic N) is 1. The lowest BCUT2D eigenvalue weighted by molar-refractivity contribution is -0.116. The molecule has 0 unspecified atom stereocenters. The van der Waals surface area contributed by atoms with E-state index in [1.165, 1.54) is 31.7 Å². The second-order valence-electron chi connectivity index (χ2n) is 7.11. The first-order chi connectivity index (χ1) is 15.4. The zero-order valence-electron chi connectivity index (χ0n) is 18.4. The summed E-state index contributed by atoms with van der Waals surface area (Å²) in [4.78, 5) is 12.7. The third-order valence-corrected chi connectivity index (χ3v) is 7.04. The fourth-order valence-corrected chi connectivity index (χ4v) is 4.89. The minimum absolute atomic E-state index is 0.145. The van der Waals surface area contributed by atoms with E-state index < -0.39 is 10.0 Å². The molecule has 2 aromatic carbocycles. The minimum Gasteiger partial charge on any atom is -0.496 e. The van der Waals surface area contributed by atoms with Crippen molar-refractivity contribution < 1.29 is 32.2 Å². The predicted molar refractivity (Wildman–Crippen MR) is 119 cm³/mol. The molecule has 0 atom stereocenters. The largest absolute Gasteiger partial charge is 0.496 e. The molecule has 0 radical (unpaired) electrons. The predicted octanol–water partition coefficient (Wildman–Crippen LogP) is 2.30. The molecule has 9 nitrogen and oxygen atoms in total. The Hall–Kier alpha value is -2.82. The molecule has 0 saturated carbocycles. The molecule has 0 aromatic heterocycles. The van der Waals surface area contributed by atoms with Gasteiger partial charge < -0.3 is 24.3 Å². The number of nitrogens with one attached hydrogen (secondary N) is 1. The Morgan fingerprint density at radius 1 is 0.969 bits per heavy atom. The summed E-state index contributed by atoms with van der Waals surface area (Å²) in [7, 11) is 0.933. The van der Waals surface area contributed by atoms with Gasteiger partial charge >= 0.3 is 0 Å². The number of hydrogen-bond acceptors (Lipinski definition) is 7. The summed E-state index contributed by atoms with van der Waals surface area (Å²) >= 11 is 0. The fourth-order valence-electron chi connectivity index (χ4n) is 3.43. The van der Waals surface area contributed by atoms with Crippen LogP contribution in [0.2, 0.25) is 0 Å². The molecule has 1 N–H and O–H groups in total. The van der Waals surface area contributed by atoms with Crippen molar-refractivity contribution in [3.05, 3.63) is 42.0 Å². The van der Waals surface area contributed by atoms with Crippen LogP contribution in [0, 0.1) is 0 Å². The zero-order valence-corrected chi connectivity index (χ0v) is 19.2. The van der Waals surface area contributed by atoms with Crippen LogP contribution in [0.3, 0.4) is 0 Å². The Morgan fingerprint density at radius 3 is 2.28 bits per heavy atom. The number of rotatable bonds is 9. The maximum Gasteiger partial charge on any atom is 0.243 e. The number of anilines is 1. The highest BCUT2D eigenvalue weighted by atomic mass is 32.2. The van der Waals surface area contributed by atoms with E-state index in [4.69, 9.17) is 18.9 Å². The van der Waals surface area contributed by atoms with E-state index in [1.807, 2.05) is 0 Å². The van der Waals surface area contributed by atoms with Crippen LogP contribution in [0.5, 0.6) is 17.2 Å². The summed E-state index contributed by atoms with van der Waals surface area (Å²) < 4.78 is 48.4. The van der Waals surface area contributed by atoms with Crippen molar-refractivity contribution in [2.75, 3.05) is 52.9 Å². The summed E-state index contributed by atoms with van der Waals surface area (Å²) in [5, 5.41) is 2.82. The van der Waals surface area contributed by atoms with Gasteiger partial charge in [-0.2, -0.15) is 4.31 Å². The van der Waals surface area contributed by atoms with Crippen LogP contribution in [0.25, 0.3) is 0 Å². The van der Waals surface area contributed by atoms with Crippen molar-refractivity contribution in [1.29, 1.82) is 0 Å². The first-order valence-electron chi connectivity index (χ1n) is 10.2. The lowest BCUT2D eigenvalue weighted by atomic mass is 10.1. The number of methoxy groups -OCH3 is 3. The number of aryl methyl sites for hydroxylation is 1. The summed E-state index contributed by atoms with van der Waals surface area (Å²) in [6.45, 7) is 1.38. The number of ether oxygens (including phenoxy) is 4. The van der Waals surface area contributed by atoms with Crippen LogP contribution >= 0.6 is 0 Å². The van der Waals surface area contributed by atoms with Crippen molar-refractivity contribution in [2.45, 2.75) is 17.7 Å². The lowest BCUT2D eigenvalue weighted by Gasteiger charge is -2.26. The van der Waals surface area contributed by atoms with Crippen molar-refractivity contribution >= 4 is 21.6 Å². The summed E-state index contributed by atoms with van der Waals surface area (Å²) in [5.74, 6) is 1.38. The molecule has 1 fully saturated rings. The van der Waals surface area contributed by atoms with E-state index in [0.29, 0.717) is 61.2 Å². The molecular formula is C22H28N2O7S. The topological polar surface area (TPSA) is 103 Å². The SMILES string of the molecule is COc1ccc(S(=O)(=O)N2CCOCC2)cc1CCC(=O)Nc1ccc(OC)c(OC)c1. The number of hydrogen-bond donors (Lipinski definition) is 1. The number of morpholine rings is 1. The van der Waals surface area contributed by atoms with E-state index >= 15 is 0 Å². The van der Waals surface area contributed by atoms with Crippen LogP contribution in [0.4, 0.5) is 5.69 Å². The Bertz CT molecular complexity index is 1050. The highest BCUT2D eigenvalue weighted by Gasteiger charge is 2.27. The highest BCUT2D eigenvalue weighted by Crippen LogP contribution is 2.30. The van der Waals surface area contributed by atoms with Gasteiger partial charge in [0.15, 0.2) is 11.5 Å². The Balaban J connectivity index is 1.71. The second-order valence-corrected chi connectivity index (χ2v) is 9.05. The zero-order chi connectivity index (χ0) is 23.1. The Kier molecular flexibility index (Phi) is 7.94. The number of carbonyl (C=O) groups excluding carboxylic acids is 1. The maximum atomic E-state index is 13.0. The highest BCUT2D eigenvalue weighted by molar-refractivity contribution is 7.89. The van der Waals surface area contributed by atoms with Crippen LogP contribution in [-0.4, -0.2) is 66.3 Å². The van der Waals surface area contributed by atoms with Gasteiger partial charge in [0.25, 0.3) is 0 Å². The Labute approximate surface area is 188 Å².